The minimum atomic E-state index is -0.266. The van der Waals surface area contributed by atoms with E-state index in [2.05, 4.69) is 15.3 Å². The zero-order chi connectivity index (χ0) is 17.8. The second-order valence-electron chi connectivity index (χ2n) is 4.82. The predicted molar refractivity (Wildman–Crippen MR) is 97.1 cm³/mol. The largest absolute Gasteiger partial charge is 0.383 e. The van der Waals surface area contributed by atoms with Gasteiger partial charge in [-0.3, -0.25) is 4.79 Å². The number of hydrogen-bond donors (Lipinski definition) is 2. The number of benzene rings is 1. The molecule has 0 saturated carbocycles. The number of fused-ring (bicyclic) bond motifs is 1. The summed E-state index contributed by atoms with van der Waals surface area (Å²) in [4.78, 5) is 20.5. The number of nitrogen functional groups attached to an aromatic ring is 1. The van der Waals surface area contributed by atoms with Gasteiger partial charge in [-0.05, 0) is 18.2 Å². The number of carbonyl (C=O) groups excluding carboxylic acids is 1. The molecule has 3 N–H and O–H groups in total. The number of nitrogens with zero attached hydrogens (tertiary/aromatic N) is 4. The molecule has 1 aromatic carbocycles. The van der Waals surface area contributed by atoms with Crippen LogP contribution in [-0.2, 0) is 4.79 Å². The summed E-state index contributed by atoms with van der Waals surface area (Å²) in [7, 11) is 0. The van der Waals surface area contributed by atoms with Crippen molar-refractivity contribution in [2.24, 2.45) is 0 Å². The molecule has 0 aliphatic carbocycles. The minimum absolute atomic E-state index is 0.0376. The summed E-state index contributed by atoms with van der Waals surface area (Å²) >= 11 is 2.47. The number of aromatic nitrogens is 2. The van der Waals surface area contributed by atoms with E-state index in [1.165, 1.54) is 17.4 Å². The summed E-state index contributed by atoms with van der Waals surface area (Å²) in [5.74, 6) is -0.184. The number of hydrogen-bond acceptors (Lipinski definition) is 8. The first-order valence-corrected chi connectivity index (χ1v) is 8.80. The fraction of sp³-hybridized carbons (Fsp3) is 0.0625. The van der Waals surface area contributed by atoms with E-state index in [-0.39, 0.29) is 28.6 Å². The topological polar surface area (TPSA) is 128 Å². The zero-order valence-corrected chi connectivity index (χ0v) is 14.3. The van der Waals surface area contributed by atoms with Crippen molar-refractivity contribution in [3.8, 4) is 12.1 Å². The number of nitrogens with two attached hydrogens (primary N) is 1. The molecule has 7 nitrogen and oxygen atoms in total. The molecule has 122 valence electrons. The lowest BCUT2D eigenvalue weighted by atomic mass is 10.2. The first kappa shape index (κ1) is 16.7. The summed E-state index contributed by atoms with van der Waals surface area (Å²) in [6.45, 7) is 0. The lowest BCUT2D eigenvalue weighted by molar-refractivity contribution is -0.113. The molecule has 0 spiro atoms. The lowest BCUT2D eigenvalue weighted by Crippen LogP contribution is -2.14. The van der Waals surface area contributed by atoms with Crippen LogP contribution in [0.3, 0.4) is 0 Å². The third-order valence-corrected chi connectivity index (χ3v) is 5.08. The Hall–Kier alpha value is -3.14. The van der Waals surface area contributed by atoms with Crippen LogP contribution in [0.25, 0.3) is 10.2 Å². The maximum atomic E-state index is 12.1. The van der Waals surface area contributed by atoms with E-state index in [0.717, 1.165) is 22.0 Å². The molecule has 25 heavy (non-hydrogen) atoms. The van der Waals surface area contributed by atoms with Gasteiger partial charge in [0.2, 0.25) is 5.91 Å². The maximum absolute atomic E-state index is 12.1. The summed E-state index contributed by atoms with van der Waals surface area (Å²) in [5, 5.41) is 21.6. The summed E-state index contributed by atoms with van der Waals surface area (Å²) in [6.07, 6.45) is 0. The summed E-state index contributed by atoms with van der Waals surface area (Å²) in [5.41, 5.74) is 6.84. The number of pyridine rings is 1. The highest BCUT2D eigenvalue weighted by Gasteiger charge is 2.13. The average molecular weight is 366 g/mol. The highest BCUT2D eigenvalue weighted by atomic mass is 32.2. The monoisotopic (exact) mass is 366 g/mol. The normalized spacial score (nSPS) is 10.2. The van der Waals surface area contributed by atoms with E-state index < -0.39 is 0 Å². The van der Waals surface area contributed by atoms with Gasteiger partial charge in [-0.1, -0.05) is 35.2 Å². The first-order chi connectivity index (χ1) is 12.1. The molecule has 3 rings (SSSR count). The molecule has 2 heterocycles. The van der Waals surface area contributed by atoms with Crippen molar-refractivity contribution in [3.05, 3.63) is 41.5 Å². The van der Waals surface area contributed by atoms with Crippen LogP contribution in [0.2, 0.25) is 0 Å². The summed E-state index contributed by atoms with van der Waals surface area (Å²) < 4.78 is 0.985. The minimum Gasteiger partial charge on any atom is -0.383 e. The fourth-order valence-electron chi connectivity index (χ4n) is 2.00. The number of nitrogens with one attached hydrogen (secondary N) is 1. The number of amides is 1. The van der Waals surface area contributed by atoms with Gasteiger partial charge in [0.05, 0.1) is 27.1 Å². The second kappa shape index (κ2) is 7.18. The Morgan fingerprint density at radius 2 is 2.00 bits per heavy atom. The quantitative estimate of drug-likeness (QED) is 0.679. The van der Waals surface area contributed by atoms with E-state index in [9.17, 15) is 4.79 Å². The van der Waals surface area contributed by atoms with Gasteiger partial charge in [-0.2, -0.15) is 10.5 Å². The second-order valence-corrected chi connectivity index (χ2v) is 6.82. The van der Waals surface area contributed by atoms with Crippen LogP contribution in [0.4, 0.5) is 10.9 Å². The van der Waals surface area contributed by atoms with Crippen LogP contribution >= 0.6 is 23.1 Å². The smallest absolute Gasteiger partial charge is 0.236 e. The molecule has 0 fully saturated rings. The number of anilines is 2. The number of rotatable bonds is 4. The Morgan fingerprint density at radius 1 is 1.24 bits per heavy atom. The van der Waals surface area contributed by atoms with Crippen LogP contribution in [0.15, 0.2) is 35.4 Å². The Labute approximate surface area is 151 Å². The molecule has 9 heteroatoms. The number of nitriles is 2. The summed E-state index contributed by atoms with van der Waals surface area (Å²) in [6, 6.07) is 12.8. The Morgan fingerprint density at radius 3 is 2.72 bits per heavy atom. The molecule has 0 unspecified atom stereocenters. The van der Waals surface area contributed by atoms with Crippen molar-refractivity contribution in [2.45, 2.75) is 5.03 Å². The number of thiazole rings is 1. The van der Waals surface area contributed by atoms with E-state index in [0.29, 0.717) is 10.2 Å². The van der Waals surface area contributed by atoms with Gasteiger partial charge >= 0.3 is 0 Å². The Kier molecular flexibility index (Phi) is 4.80. The van der Waals surface area contributed by atoms with Crippen LogP contribution in [0.1, 0.15) is 11.1 Å². The van der Waals surface area contributed by atoms with Gasteiger partial charge < -0.3 is 11.1 Å². The molecule has 0 radical (unpaired) electrons. The molecule has 0 aliphatic heterocycles. The molecule has 0 bridgehead atoms. The first-order valence-electron chi connectivity index (χ1n) is 6.99. The average Bonchev–Trinajstić information content (AvgIpc) is 3.02. The van der Waals surface area contributed by atoms with Gasteiger partial charge in [0.15, 0.2) is 5.13 Å². The van der Waals surface area contributed by atoms with Crippen LogP contribution in [0.5, 0.6) is 0 Å². The van der Waals surface area contributed by atoms with Crippen molar-refractivity contribution < 1.29 is 4.79 Å². The number of carbonyl (C=O) groups is 1. The van der Waals surface area contributed by atoms with Crippen LogP contribution in [0, 0.1) is 22.7 Å². The molecule has 0 atom stereocenters. The lowest BCUT2D eigenvalue weighted by Gasteiger charge is -2.05. The standard InChI is InChI=1S/C16H10N6OS2/c17-6-9-5-10(7-18)15(22-14(9)19)24-8-13(23)21-16-20-11-3-1-2-4-12(11)25-16/h1-5H,8H2,(H2,19,22)(H,20,21,23). The van der Waals surface area contributed by atoms with Gasteiger partial charge in [0, 0.05) is 0 Å². The molecule has 0 saturated heterocycles. The Balaban J connectivity index is 1.69. The van der Waals surface area contributed by atoms with Gasteiger partial charge in [-0.25, -0.2) is 9.97 Å². The van der Waals surface area contributed by atoms with Crippen molar-refractivity contribution in [2.75, 3.05) is 16.8 Å². The van der Waals surface area contributed by atoms with Gasteiger partial charge in [0.25, 0.3) is 0 Å². The number of thioether (sulfide) groups is 1. The highest BCUT2D eigenvalue weighted by molar-refractivity contribution is 8.00. The van der Waals surface area contributed by atoms with Crippen molar-refractivity contribution in [1.82, 2.24) is 9.97 Å². The predicted octanol–water partition coefficient (Wildman–Crippen LogP) is 2.75. The van der Waals surface area contributed by atoms with Crippen molar-refractivity contribution in [1.29, 1.82) is 10.5 Å². The fourth-order valence-corrected chi connectivity index (χ4v) is 3.65. The molecule has 0 aliphatic rings. The van der Waals surface area contributed by atoms with Crippen LogP contribution in [-0.4, -0.2) is 21.6 Å². The van der Waals surface area contributed by atoms with Crippen molar-refractivity contribution >= 4 is 50.2 Å². The Bertz CT molecular complexity index is 1010. The van der Waals surface area contributed by atoms with Gasteiger partial charge in [-0.15, -0.1) is 0 Å². The SMILES string of the molecule is N#Cc1cc(C#N)c(SCC(=O)Nc2nc3ccccc3s2)nc1N. The molecule has 3 aromatic rings. The zero-order valence-electron chi connectivity index (χ0n) is 12.7. The molecule has 1 amide bonds. The third kappa shape index (κ3) is 3.69. The van der Waals surface area contributed by atoms with E-state index in [4.69, 9.17) is 16.3 Å². The molecular weight excluding hydrogens is 356 g/mol. The highest BCUT2D eigenvalue weighted by Crippen LogP contribution is 2.27. The molecular formula is C16H10N6OS2. The van der Waals surface area contributed by atoms with Crippen molar-refractivity contribution in [3.63, 3.8) is 0 Å². The van der Waals surface area contributed by atoms with E-state index in [1.807, 2.05) is 36.4 Å². The van der Waals surface area contributed by atoms with E-state index in [1.54, 1.807) is 0 Å². The molecule has 2 aromatic heterocycles. The van der Waals surface area contributed by atoms with Crippen LogP contribution < -0.4 is 11.1 Å². The maximum Gasteiger partial charge on any atom is 0.236 e. The van der Waals surface area contributed by atoms with Gasteiger partial charge in [0.1, 0.15) is 23.0 Å². The third-order valence-electron chi connectivity index (χ3n) is 3.14. The number of para-hydroxylation sites is 1. The van der Waals surface area contributed by atoms with E-state index >= 15 is 0 Å².